The van der Waals surface area contributed by atoms with Crippen molar-refractivity contribution < 1.29 is 38.2 Å². The van der Waals surface area contributed by atoms with Crippen LogP contribution in [0, 0.1) is 11.6 Å². The molecule has 15 nitrogen and oxygen atoms in total. The van der Waals surface area contributed by atoms with Gasteiger partial charge in [0.25, 0.3) is 11.8 Å². The number of carbonyl (C=O) groups is 4. The Morgan fingerprint density at radius 2 is 1.14 bits per heavy atom. The molecule has 256 valence electrons. The van der Waals surface area contributed by atoms with Crippen molar-refractivity contribution in [3.05, 3.63) is 137 Å². The highest BCUT2D eigenvalue weighted by molar-refractivity contribution is 6.07. The van der Waals surface area contributed by atoms with Crippen molar-refractivity contribution in [1.29, 1.82) is 0 Å². The van der Waals surface area contributed by atoms with E-state index in [1.54, 1.807) is 39.9 Å². The smallest absolute Gasteiger partial charge is 0.337 e. The molecule has 0 radical (unpaired) electrons. The van der Waals surface area contributed by atoms with Gasteiger partial charge in [0.05, 0.1) is 22.5 Å². The van der Waals surface area contributed by atoms with Crippen LogP contribution in [-0.2, 0) is 12.8 Å². The summed E-state index contributed by atoms with van der Waals surface area (Å²) in [5, 5.41) is 39.9. The average Bonchev–Trinajstić information content (AvgIpc) is 3.86. The van der Waals surface area contributed by atoms with E-state index in [1.807, 2.05) is 0 Å². The zero-order valence-electron chi connectivity index (χ0n) is 26.2. The highest BCUT2D eigenvalue weighted by atomic mass is 19.1. The van der Waals surface area contributed by atoms with Gasteiger partial charge in [-0.05, 0) is 91.1 Å². The molecular formula is C34H25F2N9O6. The third kappa shape index (κ3) is 7.62. The zero-order valence-corrected chi connectivity index (χ0v) is 26.2. The van der Waals surface area contributed by atoms with E-state index >= 15 is 8.78 Å². The number of hydrogen-bond donors (Lipinski definition) is 4. The van der Waals surface area contributed by atoms with Crippen LogP contribution in [0.25, 0.3) is 11.6 Å². The van der Waals surface area contributed by atoms with E-state index in [0.29, 0.717) is 11.6 Å². The van der Waals surface area contributed by atoms with Crippen LogP contribution >= 0.6 is 0 Å². The minimum absolute atomic E-state index is 0.0239. The molecule has 0 atom stereocenters. The molecular weight excluding hydrogens is 668 g/mol. The van der Waals surface area contributed by atoms with Gasteiger partial charge < -0.3 is 25.4 Å². The van der Waals surface area contributed by atoms with E-state index in [1.165, 1.54) is 36.8 Å². The van der Waals surface area contributed by atoms with Crippen molar-refractivity contribution in [3.63, 3.8) is 0 Å². The number of nitrogens with zero attached hydrogens (tertiary/aromatic N) is 7. The van der Waals surface area contributed by atoms with E-state index in [9.17, 15) is 29.4 Å². The monoisotopic (exact) mass is 693 g/mol. The summed E-state index contributed by atoms with van der Waals surface area (Å²) in [6, 6.07) is 13.2. The van der Waals surface area contributed by atoms with Gasteiger partial charge >= 0.3 is 11.9 Å². The summed E-state index contributed by atoms with van der Waals surface area (Å²) in [5.41, 5.74) is -1.74. The fraction of sp³-hybridized carbons (Fsp3) is 0.0882. The first-order valence-electron chi connectivity index (χ1n) is 15.1. The van der Waals surface area contributed by atoms with Gasteiger partial charge in [-0.25, -0.2) is 23.4 Å². The molecule has 2 amide bonds. The van der Waals surface area contributed by atoms with Gasteiger partial charge in [-0.2, -0.15) is 0 Å². The summed E-state index contributed by atoms with van der Waals surface area (Å²) in [6.07, 6.45) is 8.09. The SMILES string of the molecule is O=C(Nc1cc(F)c(CCCc2cc(C(=O)O)c(NC(=O)c3ccc(-n4ccnc4)nn3)cc2F)cc1C(=O)O)c1ccc(-n2cccc2)nn1. The molecule has 0 aliphatic rings. The second kappa shape index (κ2) is 14.5. The van der Waals surface area contributed by atoms with Gasteiger partial charge in [-0.15, -0.1) is 20.4 Å². The number of imidazole rings is 1. The highest BCUT2D eigenvalue weighted by Gasteiger charge is 2.21. The third-order valence-electron chi connectivity index (χ3n) is 7.63. The summed E-state index contributed by atoms with van der Waals surface area (Å²) in [7, 11) is 0. The van der Waals surface area contributed by atoms with E-state index in [4.69, 9.17) is 0 Å². The predicted octanol–water partition coefficient (Wildman–Crippen LogP) is 4.60. The fourth-order valence-corrected chi connectivity index (χ4v) is 5.07. The molecule has 6 rings (SSSR count). The van der Waals surface area contributed by atoms with E-state index < -0.39 is 46.5 Å². The largest absolute Gasteiger partial charge is 0.478 e. The second-order valence-corrected chi connectivity index (χ2v) is 11.0. The lowest BCUT2D eigenvalue weighted by molar-refractivity contribution is 0.0686. The first kappa shape index (κ1) is 33.7. The minimum Gasteiger partial charge on any atom is -0.478 e. The number of benzene rings is 2. The van der Waals surface area contributed by atoms with Crippen LogP contribution in [0.2, 0.25) is 0 Å². The van der Waals surface area contributed by atoms with Gasteiger partial charge in [0.1, 0.15) is 18.0 Å². The molecule has 0 spiro atoms. The molecule has 0 bridgehead atoms. The van der Waals surface area contributed by atoms with E-state index in [0.717, 1.165) is 24.3 Å². The fourth-order valence-electron chi connectivity index (χ4n) is 5.07. The maximum absolute atomic E-state index is 15.2. The van der Waals surface area contributed by atoms with Crippen molar-refractivity contribution in [2.45, 2.75) is 19.3 Å². The molecule has 0 unspecified atom stereocenters. The van der Waals surface area contributed by atoms with Gasteiger partial charge in [-0.1, -0.05) is 0 Å². The maximum atomic E-state index is 15.2. The van der Waals surface area contributed by atoms with Crippen molar-refractivity contribution in [3.8, 4) is 11.6 Å². The van der Waals surface area contributed by atoms with Crippen LogP contribution < -0.4 is 10.6 Å². The number of hydrogen-bond acceptors (Lipinski definition) is 9. The molecule has 0 saturated heterocycles. The van der Waals surface area contributed by atoms with Crippen LogP contribution in [-0.4, -0.2) is 68.5 Å². The Morgan fingerprint density at radius 1 is 0.647 bits per heavy atom. The molecule has 0 aliphatic carbocycles. The van der Waals surface area contributed by atoms with Crippen molar-refractivity contribution >= 4 is 35.1 Å². The number of rotatable bonds is 12. The number of anilines is 2. The van der Waals surface area contributed by atoms with Crippen LogP contribution in [0.5, 0.6) is 0 Å². The summed E-state index contributed by atoms with van der Waals surface area (Å²) >= 11 is 0. The molecule has 6 aromatic rings. The molecule has 2 aromatic carbocycles. The van der Waals surface area contributed by atoms with Crippen molar-refractivity contribution in [2.75, 3.05) is 10.6 Å². The highest BCUT2D eigenvalue weighted by Crippen LogP contribution is 2.26. The van der Waals surface area contributed by atoms with Gasteiger partial charge in [-0.3, -0.25) is 14.2 Å². The van der Waals surface area contributed by atoms with E-state index in [2.05, 4.69) is 36.0 Å². The van der Waals surface area contributed by atoms with Gasteiger partial charge in [0.2, 0.25) is 0 Å². The van der Waals surface area contributed by atoms with E-state index in [-0.39, 0.29) is 53.2 Å². The van der Waals surface area contributed by atoms with Gasteiger partial charge in [0.15, 0.2) is 23.0 Å². The lowest BCUT2D eigenvalue weighted by Crippen LogP contribution is -2.18. The number of aryl methyl sites for hydroxylation is 2. The third-order valence-corrected chi connectivity index (χ3v) is 7.63. The molecule has 4 heterocycles. The molecule has 4 aromatic heterocycles. The number of nitrogens with one attached hydrogen (secondary N) is 2. The van der Waals surface area contributed by atoms with Gasteiger partial charge in [0, 0.05) is 24.8 Å². The summed E-state index contributed by atoms with van der Waals surface area (Å²) in [6.45, 7) is 0. The van der Waals surface area contributed by atoms with Crippen LogP contribution in [0.4, 0.5) is 20.2 Å². The number of carboxylic acid groups (broad SMARTS) is 2. The maximum Gasteiger partial charge on any atom is 0.337 e. The predicted molar refractivity (Wildman–Crippen MR) is 175 cm³/mol. The lowest BCUT2D eigenvalue weighted by Gasteiger charge is -2.13. The quantitative estimate of drug-likeness (QED) is 0.139. The van der Waals surface area contributed by atoms with Crippen LogP contribution in [0.15, 0.2) is 91.8 Å². The molecule has 17 heteroatoms. The lowest BCUT2D eigenvalue weighted by atomic mass is 9.98. The second-order valence-electron chi connectivity index (χ2n) is 11.0. The van der Waals surface area contributed by atoms with Crippen LogP contribution in [0.1, 0.15) is 59.2 Å². The zero-order chi connectivity index (χ0) is 36.1. The molecule has 0 aliphatic heterocycles. The Morgan fingerprint density at radius 3 is 1.55 bits per heavy atom. The standard InChI is InChI=1S/C34H25F2N9O6/c35-23-16-27(38-31(46)25-6-8-29(42-40-25)44-11-1-2-12-44)21(33(48)49)14-19(23)4-3-5-20-15-22(34(50)51)28(17-24(20)36)39-32(47)26-7-9-30(43-41-26)45-13-10-37-18-45/h1-2,6-18H,3-5H2,(H,38,46)(H,39,47)(H,48,49)(H,50,51). The Hall–Kier alpha value is -7.17. The Bertz CT molecular complexity index is 2080. The normalized spacial score (nSPS) is 10.9. The summed E-state index contributed by atoms with van der Waals surface area (Å²) in [4.78, 5) is 53.5. The number of aromatic carboxylic acids is 2. The molecule has 0 saturated carbocycles. The Balaban J connectivity index is 1.12. The first-order valence-corrected chi connectivity index (χ1v) is 15.1. The Labute approximate surface area is 286 Å². The van der Waals surface area contributed by atoms with Crippen molar-refractivity contribution in [2.24, 2.45) is 0 Å². The molecule has 51 heavy (non-hydrogen) atoms. The molecule has 0 fully saturated rings. The van der Waals surface area contributed by atoms with Crippen LogP contribution in [0.3, 0.4) is 0 Å². The van der Waals surface area contributed by atoms with Crippen molar-refractivity contribution in [1.82, 2.24) is 34.5 Å². The average molecular weight is 694 g/mol. The molecule has 4 N–H and O–H groups in total. The minimum atomic E-state index is -1.44. The number of carboxylic acids is 2. The topological polar surface area (TPSA) is 207 Å². The summed E-state index contributed by atoms with van der Waals surface area (Å²) in [5.74, 6) is -5.33. The number of carbonyl (C=O) groups excluding carboxylic acids is 2. The summed E-state index contributed by atoms with van der Waals surface area (Å²) < 4.78 is 33.5. The first-order chi connectivity index (χ1) is 24.6. The number of amides is 2. The number of halogens is 2. The Kier molecular flexibility index (Phi) is 9.60. The number of aromatic nitrogens is 7.